The lowest BCUT2D eigenvalue weighted by atomic mass is 9.94. The predicted molar refractivity (Wildman–Crippen MR) is 65.6 cm³/mol. The first-order valence-corrected chi connectivity index (χ1v) is 6.56. The molecule has 4 nitrogen and oxygen atoms in total. The second kappa shape index (κ2) is 6.17. The van der Waals surface area contributed by atoms with Crippen molar-refractivity contribution in [2.24, 2.45) is 0 Å². The number of hydrogen-bond acceptors (Lipinski definition) is 4. The molecule has 1 aromatic rings. The number of hydrogen-bond donors (Lipinski definition) is 1. The summed E-state index contributed by atoms with van der Waals surface area (Å²) in [5.74, 6) is 1.62. The third-order valence-corrected chi connectivity index (χ3v) is 3.49. The van der Waals surface area contributed by atoms with Crippen LogP contribution < -0.4 is 0 Å². The van der Waals surface area contributed by atoms with E-state index in [4.69, 9.17) is 9.52 Å². The Kier molecular flexibility index (Phi) is 4.57. The third-order valence-electron chi connectivity index (χ3n) is 3.49. The Morgan fingerprint density at radius 1 is 1.41 bits per heavy atom. The highest BCUT2D eigenvalue weighted by atomic mass is 16.4. The second-order valence-electron chi connectivity index (χ2n) is 4.85. The molecule has 2 rings (SSSR count). The third kappa shape index (κ3) is 3.54. The zero-order valence-corrected chi connectivity index (χ0v) is 10.6. The Morgan fingerprint density at radius 3 is 2.76 bits per heavy atom. The molecule has 0 atom stereocenters. The molecule has 1 fully saturated rings. The van der Waals surface area contributed by atoms with Gasteiger partial charge in [-0.3, -0.25) is 4.90 Å². The summed E-state index contributed by atoms with van der Waals surface area (Å²) >= 11 is 0. The van der Waals surface area contributed by atoms with Crippen molar-refractivity contribution in [2.75, 3.05) is 13.2 Å². The highest BCUT2D eigenvalue weighted by molar-refractivity contribution is 4.91. The Hall–Kier alpha value is -0.870. The molecule has 0 bridgehead atoms. The van der Waals surface area contributed by atoms with E-state index in [0.29, 0.717) is 12.6 Å². The maximum Gasteiger partial charge on any atom is 0.208 e. The number of aromatic nitrogens is 1. The molecule has 0 radical (unpaired) electrons. The van der Waals surface area contributed by atoms with Gasteiger partial charge in [-0.25, -0.2) is 4.98 Å². The molecule has 0 aliphatic heterocycles. The first-order valence-electron chi connectivity index (χ1n) is 6.56. The van der Waals surface area contributed by atoms with Gasteiger partial charge in [-0.05, 0) is 19.8 Å². The molecular weight excluding hydrogens is 216 g/mol. The van der Waals surface area contributed by atoms with Crippen molar-refractivity contribution < 1.29 is 9.52 Å². The standard InChI is InChI=1S/C13H22N2O2/c1-11-9-14-13(17-11)10-15(7-8-16)12-5-3-2-4-6-12/h9,12,16H,2-8,10H2,1H3. The highest BCUT2D eigenvalue weighted by Gasteiger charge is 2.22. The maximum absolute atomic E-state index is 9.16. The molecule has 0 aromatic carbocycles. The summed E-state index contributed by atoms with van der Waals surface area (Å²) in [4.78, 5) is 6.55. The van der Waals surface area contributed by atoms with Gasteiger partial charge in [0.2, 0.25) is 5.89 Å². The lowest BCUT2D eigenvalue weighted by molar-refractivity contribution is 0.107. The fraction of sp³-hybridized carbons (Fsp3) is 0.769. The second-order valence-corrected chi connectivity index (χ2v) is 4.85. The van der Waals surface area contributed by atoms with Crippen LogP contribution in [0.3, 0.4) is 0 Å². The number of aliphatic hydroxyl groups is 1. The molecule has 1 heterocycles. The van der Waals surface area contributed by atoms with Crippen LogP contribution in [0, 0.1) is 6.92 Å². The van der Waals surface area contributed by atoms with Gasteiger partial charge in [-0.1, -0.05) is 19.3 Å². The van der Waals surface area contributed by atoms with Crippen molar-refractivity contribution in [3.8, 4) is 0 Å². The first kappa shape index (κ1) is 12.6. The van der Waals surface area contributed by atoms with Crippen molar-refractivity contribution in [1.29, 1.82) is 0 Å². The lowest BCUT2D eigenvalue weighted by Crippen LogP contribution is -2.38. The average Bonchev–Trinajstić information content (AvgIpc) is 2.75. The van der Waals surface area contributed by atoms with Gasteiger partial charge < -0.3 is 9.52 Å². The Morgan fingerprint density at radius 2 is 2.18 bits per heavy atom. The number of oxazole rings is 1. The Bertz CT molecular complexity index is 332. The number of aliphatic hydroxyl groups excluding tert-OH is 1. The summed E-state index contributed by atoms with van der Waals surface area (Å²) < 4.78 is 5.52. The molecule has 0 spiro atoms. The molecule has 0 amide bonds. The summed E-state index contributed by atoms with van der Waals surface area (Å²) in [5.41, 5.74) is 0. The quantitative estimate of drug-likeness (QED) is 0.853. The molecule has 1 saturated carbocycles. The normalized spacial score (nSPS) is 17.8. The topological polar surface area (TPSA) is 49.5 Å². The molecule has 17 heavy (non-hydrogen) atoms. The minimum Gasteiger partial charge on any atom is -0.445 e. The zero-order chi connectivity index (χ0) is 12.1. The van der Waals surface area contributed by atoms with Crippen molar-refractivity contribution in [3.63, 3.8) is 0 Å². The largest absolute Gasteiger partial charge is 0.445 e. The van der Waals surface area contributed by atoms with Gasteiger partial charge in [0.15, 0.2) is 0 Å². The summed E-state index contributed by atoms with van der Waals surface area (Å²) in [5, 5.41) is 9.16. The zero-order valence-electron chi connectivity index (χ0n) is 10.6. The predicted octanol–water partition coefficient (Wildman–Crippen LogP) is 2.11. The van der Waals surface area contributed by atoms with E-state index in [1.165, 1.54) is 32.1 Å². The molecule has 0 unspecified atom stereocenters. The van der Waals surface area contributed by atoms with E-state index in [-0.39, 0.29) is 6.61 Å². The van der Waals surface area contributed by atoms with E-state index < -0.39 is 0 Å². The van der Waals surface area contributed by atoms with Crippen molar-refractivity contribution >= 4 is 0 Å². The minimum atomic E-state index is 0.205. The van der Waals surface area contributed by atoms with E-state index >= 15 is 0 Å². The molecule has 96 valence electrons. The van der Waals surface area contributed by atoms with Gasteiger partial charge in [0.1, 0.15) is 5.76 Å². The van der Waals surface area contributed by atoms with Crippen LogP contribution >= 0.6 is 0 Å². The summed E-state index contributed by atoms with van der Waals surface area (Å²) in [6.07, 6.45) is 8.18. The molecule has 0 saturated heterocycles. The van der Waals surface area contributed by atoms with Crippen molar-refractivity contribution in [2.45, 2.75) is 51.6 Å². The fourth-order valence-corrected chi connectivity index (χ4v) is 2.61. The van der Waals surface area contributed by atoms with Crippen LogP contribution in [0.2, 0.25) is 0 Å². The van der Waals surface area contributed by atoms with E-state index in [9.17, 15) is 0 Å². The Labute approximate surface area is 103 Å². The van der Waals surface area contributed by atoms with Crippen LogP contribution in [0.15, 0.2) is 10.6 Å². The van der Waals surface area contributed by atoms with Crippen LogP contribution in [0.25, 0.3) is 0 Å². The first-order chi connectivity index (χ1) is 8.29. The monoisotopic (exact) mass is 238 g/mol. The molecule has 1 N–H and O–H groups in total. The van der Waals surface area contributed by atoms with E-state index in [2.05, 4.69) is 9.88 Å². The molecule has 1 aliphatic rings. The lowest BCUT2D eigenvalue weighted by Gasteiger charge is -2.32. The summed E-state index contributed by atoms with van der Waals surface area (Å²) in [6.45, 7) is 3.55. The smallest absolute Gasteiger partial charge is 0.208 e. The van der Waals surface area contributed by atoms with Gasteiger partial charge in [0.25, 0.3) is 0 Å². The molecular formula is C13H22N2O2. The van der Waals surface area contributed by atoms with Crippen LogP contribution in [0.5, 0.6) is 0 Å². The summed E-state index contributed by atoms with van der Waals surface area (Å²) in [7, 11) is 0. The van der Waals surface area contributed by atoms with Gasteiger partial charge >= 0.3 is 0 Å². The SMILES string of the molecule is Cc1cnc(CN(CCO)C2CCCCC2)o1. The average molecular weight is 238 g/mol. The van der Waals surface area contributed by atoms with Crippen LogP contribution in [-0.4, -0.2) is 34.2 Å². The van der Waals surface area contributed by atoms with E-state index in [1.54, 1.807) is 6.20 Å². The number of rotatable bonds is 5. The maximum atomic E-state index is 9.16. The van der Waals surface area contributed by atoms with Crippen LogP contribution in [-0.2, 0) is 6.54 Å². The van der Waals surface area contributed by atoms with Crippen molar-refractivity contribution in [1.82, 2.24) is 9.88 Å². The van der Waals surface area contributed by atoms with Gasteiger partial charge in [0, 0.05) is 12.6 Å². The van der Waals surface area contributed by atoms with E-state index in [0.717, 1.165) is 18.2 Å². The van der Waals surface area contributed by atoms with Crippen molar-refractivity contribution in [3.05, 3.63) is 17.8 Å². The number of aryl methyl sites for hydroxylation is 1. The van der Waals surface area contributed by atoms with Gasteiger partial charge in [-0.2, -0.15) is 0 Å². The van der Waals surface area contributed by atoms with Crippen LogP contribution in [0.1, 0.15) is 43.8 Å². The van der Waals surface area contributed by atoms with Crippen LogP contribution in [0.4, 0.5) is 0 Å². The highest BCUT2D eigenvalue weighted by Crippen LogP contribution is 2.23. The van der Waals surface area contributed by atoms with Gasteiger partial charge in [0.05, 0.1) is 19.3 Å². The molecule has 4 heteroatoms. The molecule has 1 aliphatic carbocycles. The Balaban J connectivity index is 1.95. The fourth-order valence-electron chi connectivity index (χ4n) is 2.61. The van der Waals surface area contributed by atoms with E-state index in [1.807, 2.05) is 6.92 Å². The number of nitrogens with zero attached hydrogens (tertiary/aromatic N) is 2. The molecule has 1 aromatic heterocycles. The minimum absolute atomic E-state index is 0.205. The summed E-state index contributed by atoms with van der Waals surface area (Å²) in [6, 6.07) is 0.586. The van der Waals surface area contributed by atoms with Gasteiger partial charge in [-0.15, -0.1) is 0 Å².